The maximum absolute atomic E-state index is 12.9. The average Bonchev–Trinajstić information content (AvgIpc) is 2.86. The summed E-state index contributed by atoms with van der Waals surface area (Å²) < 4.78 is 40.2. The van der Waals surface area contributed by atoms with Gasteiger partial charge in [0.05, 0.1) is 23.6 Å². The van der Waals surface area contributed by atoms with Gasteiger partial charge in [-0.25, -0.2) is 4.68 Å². The predicted molar refractivity (Wildman–Crippen MR) is 68.6 cm³/mol. The molecule has 6 heteroatoms. The molecular formula is C14H15F3N2O. The molecule has 0 aliphatic rings. The first-order valence-electron chi connectivity index (χ1n) is 6.20. The van der Waals surface area contributed by atoms with E-state index >= 15 is 0 Å². The van der Waals surface area contributed by atoms with Crippen LogP contribution in [0.1, 0.15) is 36.6 Å². The van der Waals surface area contributed by atoms with Crippen molar-refractivity contribution in [3.63, 3.8) is 0 Å². The van der Waals surface area contributed by atoms with Crippen molar-refractivity contribution in [1.29, 1.82) is 0 Å². The van der Waals surface area contributed by atoms with Gasteiger partial charge in [-0.2, -0.15) is 18.3 Å². The molecule has 1 aromatic carbocycles. The average molecular weight is 284 g/mol. The van der Waals surface area contributed by atoms with Gasteiger partial charge in [0.2, 0.25) is 0 Å². The fourth-order valence-electron chi connectivity index (χ4n) is 1.90. The monoisotopic (exact) mass is 284 g/mol. The molecule has 3 nitrogen and oxygen atoms in total. The van der Waals surface area contributed by atoms with Crippen LogP contribution in [-0.4, -0.2) is 14.9 Å². The third kappa shape index (κ3) is 2.85. The van der Waals surface area contributed by atoms with Crippen molar-refractivity contribution in [1.82, 2.24) is 9.78 Å². The van der Waals surface area contributed by atoms with Crippen molar-refractivity contribution in [2.75, 3.05) is 0 Å². The predicted octanol–water partition coefficient (Wildman–Crippen LogP) is 3.51. The van der Waals surface area contributed by atoms with Gasteiger partial charge in [-0.05, 0) is 29.7 Å². The van der Waals surface area contributed by atoms with E-state index in [-0.39, 0.29) is 11.5 Å². The lowest BCUT2D eigenvalue weighted by atomic mass is 10.1. The Balaban J connectivity index is 2.47. The lowest BCUT2D eigenvalue weighted by Gasteiger charge is -2.13. The Morgan fingerprint density at radius 2 is 1.95 bits per heavy atom. The van der Waals surface area contributed by atoms with Crippen molar-refractivity contribution in [2.24, 2.45) is 0 Å². The maximum Gasteiger partial charge on any atom is 0.416 e. The maximum atomic E-state index is 12.9. The van der Waals surface area contributed by atoms with Crippen LogP contribution in [-0.2, 0) is 12.8 Å². The highest BCUT2D eigenvalue weighted by molar-refractivity contribution is 5.41. The third-order valence-corrected chi connectivity index (χ3v) is 3.03. The van der Waals surface area contributed by atoms with E-state index in [0.29, 0.717) is 5.69 Å². The van der Waals surface area contributed by atoms with Crippen molar-refractivity contribution in [3.05, 3.63) is 47.3 Å². The van der Waals surface area contributed by atoms with Crippen LogP contribution >= 0.6 is 0 Å². The number of alkyl halides is 3. The van der Waals surface area contributed by atoms with Gasteiger partial charge in [0.1, 0.15) is 0 Å². The summed E-state index contributed by atoms with van der Waals surface area (Å²) in [5.41, 5.74) is 0.155. The minimum atomic E-state index is -4.50. The van der Waals surface area contributed by atoms with Crippen LogP contribution in [0.3, 0.4) is 0 Å². The van der Waals surface area contributed by atoms with Gasteiger partial charge in [0.25, 0.3) is 0 Å². The summed E-state index contributed by atoms with van der Waals surface area (Å²) in [6.45, 7) is 3.27. The number of hydrogen-bond acceptors (Lipinski definition) is 2. The van der Waals surface area contributed by atoms with Crippen molar-refractivity contribution >= 4 is 0 Å². The fourth-order valence-corrected chi connectivity index (χ4v) is 1.90. The Bertz CT molecular complexity index is 603. The van der Waals surface area contributed by atoms with Gasteiger partial charge >= 0.3 is 6.18 Å². The lowest BCUT2D eigenvalue weighted by Crippen LogP contribution is -2.11. The standard InChI is InChI=1S/C14H15F3N2O/c1-9(2)13-5-6-19(18-13)11-4-3-10(8-20)12(7-11)14(15,16)17/h3-7,9,20H,8H2,1-2H3. The van der Waals surface area contributed by atoms with Crippen LogP contribution in [0.15, 0.2) is 30.5 Å². The Labute approximate surface area is 114 Å². The summed E-state index contributed by atoms with van der Waals surface area (Å²) in [7, 11) is 0. The van der Waals surface area contributed by atoms with Crippen molar-refractivity contribution in [2.45, 2.75) is 32.5 Å². The van der Waals surface area contributed by atoms with Crippen molar-refractivity contribution in [3.8, 4) is 5.69 Å². The zero-order valence-electron chi connectivity index (χ0n) is 11.1. The molecule has 2 aromatic rings. The van der Waals surface area contributed by atoms with Gasteiger partial charge in [0.15, 0.2) is 0 Å². The van der Waals surface area contributed by atoms with E-state index in [9.17, 15) is 13.2 Å². The number of halogens is 3. The highest BCUT2D eigenvalue weighted by Gasteiger charge is 2.33. The molecule has 0 spiro atoms. The highest BCUT2D eigenvalue weighted by Crippen LogP contribution is 2.33. The van der Waals surface area contributed by atoms with E-state index in [2.05, 4.69) is 5.10 Å². The number of hydrogen-bond donors (Lipinski definition) is 1. The molecule has 1 heterocycles. The summed E-state index contributed by atoms with van der Waals surface area (Å²) in [5, 5.41) is 13.2. The number of aliphatic hydroxyl groups is 1. The third-order valence-electron chi connectivity index (χ3n) is 3.03. The molecule has 0 unspecified atom stereocenters. The molecule has 108 valence electrons. The van der Waals surface area contributed by atoms with Gasteiger partial charge in [-0.3, -0.25) is 0 Å². The Kier molecular flexibility index (Phi) is 3.85. The number of aliphatic hydroxyl groups excluding tert-OH is 1. The molecule has 0 atom stereocenters. The van der Waals surface area contributed by atoms with Crippen LogP contribution in [0.25, 0.3) is 5.69 Å². The second-order valence-corrected chi connectivity index (χ2v) is 4.84. The van der Waals surface area contributed by atoms with Gasteiger partial charge < -0.3 is 5.11 Å². The van der Waals surface area contributed by atoms with Crippen LogP contribution in [0.4, 0.5) is 13.2 Å². The van der Waals surface area contributed by atoms with E-state index in [1.807, 2.05) is 13.8 Å². The molecule has 0 radical (unpaired) electrons. The quantitative estimate of drug-likeness (QED) is 0.936. The number of nitrogens with zero attached hydrogens (tertiary/aromatic N) is 2. The topological polar surface area (TPSA) is 38.0 Å². The summed E-state index contributed by atoms with van der Waals surface area (Å²) in [5.74, 6) is 0.204. The highest BCUT2D eigenvalue weighted by atomic mass is 19.4. The first kappa shape index (κ1) is 14.6. The minimum absolute atomic E-state index is 0.141. The summed E-state index contributed by atoms with van der Waals surface area (Å²) >= 11 is 0. The molecule has 0 aliphatic carbocycles. The molecule has 0 saturated heterocycles. The zero-order valence-corrected chi connectivity index (χ0v) is 11.1. The SMILES string of the molecule is CC(C)c1ccn(-c2ccc(CO)c(C(F)(F)F)c2)n1. The molecule has 2 rings (SSSR count). The molecule has 0 aliphatic heterocycles. The van der Waals surface area contributed by atoms with Crippen LogP contribution in [0.2, 0.25) is 0 Å². The summed E-state index contributed by atoms with van der Waals surface area (Å²) in [6.07, 6.45) is -2.87. The van der Waals surface area contributed by atoms with Crippen LogP contribution < -0.4 is 0 Å². The minimum Gasteiger partial charge on any atom is -0.392 e. The van der Waals surface area contributed by atoms with Gasteiger partial charge in [0, 0.05) is 6.20 Å². The second-order valence-electron chi connectivity index (χ2n) is 4.84. The van der Waals surface area contributed by atoms with Crippen LogP contribution in [0.5, 0.6) is 0 Å². The molecule has 1 aromatic heterocycles. The number of rotatable bonds is 3. The molecule has 0 fully saturated rings. The van der Waals surface area contributed by atoms with E-state index in [4.69, 9.17) is 5.11 Å². The molecule has 0 amide bonds. The van der Waals surface area contributed by atoms with Gasteiger partial charge in [-0.1, -0.05) is 19.9 Å². The summed E-state index contributed by atoms with van der Waals surface area (Å²) in [4.78, 5) is 0. The van der Waals surface area contributed by atoms with E-state index in [0.717, 1.165) is 11.8 Å². The van der Waals surface area contributed by atoms with Crippen LogP contribution in [0, 0.1) is 0 Å². The second kappa shape index (κ2) is 5.28. The lowest BCUT2D eigenvalue weighted by molar-refractivity contribution is -0.138. The molecule has 1 N–H and O–H groups in total. The van der Waals surface area contributed by atoms with E-state index in [1.165, 1.54) is 16.8 Å². The van der Waals surface area contributed by atoms with E-state index < -0.39 is 18.3 Å². The summed E-state index contributed by atoms with van der Waals surface area (Å²) in [6, 6.07) is 5.56. The van der Waals surface area contributed by atoms with Crippen molar-refractivity contribution < 1.29 is 18.3 Å². The zero-order chi connectivity index (χ0) is 14.9. The normalized spacial score (nSPS) is 12.2. The van der Waals surface area contributed by atoms with E-state index in [1.54, 1.807) is 12.3 Å². The smallest absolute Gasteiger partial charge is 0.392 e. The first-order chi connectivity index (χ1) is 9.32. The molecule has 20 heavy (non-hydrogen) atoms. The molecule has 0 bridgehead atoms. The first-order valence-corrected chi connectivity index (χ1v) is 6.20. The largest absolute Gasteiger partial charge is 0.416 e. The molecule has 0 saturated carbocycles. The Morgan fingerprint density at radius 3 is 2.45 bits per heavy atom. The Hall–Kier alpha value is -1.82. The molecular weight excluding hydrogens is 269 g/mol. The Morgan fingerprint density at radius 1 is 1.25 bits per heavy atom. The number of benzene rings is 1. The number of aromatic nitrogens is 2. The van der Waals surface area contributed by atoms with Gasteiger partial charge in [-0.15, -0.1) is 0 Å². The fraction of sp³-hybridized carbons (Fsp3) is 0.357.